The molecule has 4 aliphatic rings. The normalized spacial score (nSPS) is 48.7. The number of aliphatic hydroxyl groups is 1. The van der Waals surface area contributed by atoms with E-state index < -0.39 is 22.6 Å². The predicted octanol–water partition coefficient (Wildman–Crippen LogP) is 2.47. The minimum atomic E-state index is -0.866. The Labute approximate surface area is 119 Å². The van der Waals surface area contributed by atoms with Crippen LogP contribution in [0.2, 0.25) is 0 Å². The van der Waals surface area contributed by atoms with Crippen LogP contribution in [0.1, 0.15) is 52.4 Å². The summed E-state index contributed by atoms with van der Waals surface area (Å²) in [6.07, 6.45) is 3.76. The van der Waals surface area contributed by atoms with Crippen LogP contribution in [0.15, 0.2) is 12.2 Å². The lowest BCUT2D eigenvalue weighted by Gasteiger charge is -2.65. The fourth-order valence-electron chi connectivity index (χ4n) is 5.50. The maximum absolute atomic E-state index is 11.9. The van der Waals surface area contributed by atoms with Crippen molar-refractivity contribution >= 4 is 5.97 Å². The Balaban J connectivity index is 1.99. The number of hydrogen-bond donors (Lipinski definition) is 1. The number of nitriles is 1. The van der Waals surface area contributed by atoms with Crippen LogP contribution in [-0.4, -0.2) is 22.3 Å². The average Bonchev–Trinajstić information content (AvgIpc) is 2.23. The number of esters is 1. The lowest BCUT2D eigenvalue weighted by atomic mass is 9.42. The van der Waals surface area contributed by atoms with Crippen LogP contribution in [0.3, 0.4) is 0 Å². The van der Waals surface area contributed by atoms with Gasteiger partial charge in [-0.15, -0.1) is 0 Å². The van der Waals surface area contributed by atoms with Crippen LogP contribution in [0.25, 0.3) is 0 Å². The van der Waals surface area contributed by atoms with Gasteiger partial charge in [0, 0.05) is 18.4 Å². The average molecular weight is 275 g/mol. The third-order valence-electron chi connectivity index (χ3n) is 5.14. The molecule has 0 aromatic carbocycles. The smallest absolute Gasteiger partial charge is 0.333 e. The number of ether oxygens (including phenoxy) is 1. The first kappa shape index (κ1) is 13.6. The number of carbonyl (C=O) groups is 1. The summed E-state index contributed by atoms with van der Waals surface area (Å²) in [6.45, 7) is 7.35. The van der Waals surface area contributed by atoms with E-state index >= 15 is 0 Å². The van der Waals surface area contributed by atoms with Gasteiger partial charge in [0.2, 0.25) is 0 Å². The Morgan fingerprint density at radius 1 is 1.25 bits per heavy atom. The van der Waals surface area contributed by atoms with E-state index in [1.54, 1.807) is 6.92 Å². The van der Waals surface area contributed by atoms with Crippen molar-refractivity contribution in [2.24, 2.45) is 10.8 Å². The van der Waals surface area contributed by atoms with E-state index in [0.29, 0.717) is 31.3 Å². The van der Waals surface area contributed by atoms with Gasteiger partial charge in [-0.05, 0) is 38.0 Å². The molecule has 4 rings (SSSR count). The van der Waals surface area contributed by atoms with E-state index in [1.807, 2.05) is 0 Å². The minimum Gasteiger partial charge on any atom is -0.456 e. The van der Waals surface area contributed by atoms with Crippen LogP contribution in [0.5, 0.6) is 0 Å². The van der Waals surface area contributed by atoms with Gasteiger partial charge in [-0.1, -0.05) is 13.5 Å². The Hall–Kier alpha value is -1.34. The van der Waals surface area contributed by atoms with Crippen LogP contribution >= 0.6 is 0 Å². The first-order chi connectivity index (χ1) is 9.13. The maximum atomic E-state index is 11.9. The van der Waals surface area contributed by atoms with Gasteiger partial charge in [-0.2, -0.15) is 5.26 Å². The summed E-state index contributed by atoms with van der Waals surface area (Å²) in [6, 6.07) is 2.41. The van der Waals surface area contributed by atoms with Gasteiger partial charge in [-0.25, -0.2) is 4.79 Å². The van der Waals surface area contributed by atoms with E-state index in [0.717, 1.165) is 12.8 Å². The Bertz CT molecular complexity index is 526. The van der Waals surface area contributed by atoms with Gasteiger partial charge in [-0.3, -0.25) is 0 Å². The molecule has 0 aromatic rings. The van der Waals surface area contributed by atoms with Gasteiger partial charge in [0.05, 0.1) is 17.1 Å². The van der Waals surface area contributed by atoms with Crippen molar-refractivity contribution in [2.45, 2.75) is 63.6 Å². The van der Waals surface area contributed by atoms with E-state index in [4.69, 9.17) is 4.74 Å². The molecule has 1 N–H and O–H groups in total. The molecule has 4 aliphatic carbocycles. The molecule has 0 heterocycles. The molecule has 0 aromatic heterocycles. The summed E-state index contributed by atoms with van der Waals surface area (Å²) in [4.78, 5) is 11.9. The minimum absolute atomic E-state index is 0.116. The Kier molecular flexibility index (Phi) is 2.49. The zero-order valence-corrected chi connectivity index (χ0v) is 12.2. The number of carbonyl (C=O) groups excluding carboxylic acids is 1. The summed E-state index contributed by atoms with van der Waals surface area (Å²) in [5.74, 6) is -0.410. The summed E-state index contributed by atoms with van der Waals surface area (Å²) in [5.41, 5.74) is -1.86. The van der Waals surface area contributed by atoms with Crippen LogP contribution in [-0.2, 0) is 9.53 Å². The highest BCUT2D eigenvalue weighted by Crippen LogP contribution is 2.68. The van der Waals surface area contributed by atoms with Crippen molar-refractivity contribution in [3.05, 3.63) is 12.2 Å². The molecule has 0 radical (unpaired) electrons. The lowest BCUT2D eigenvalue weighted by molar-refractivity contribution is -0.251. The second-order valence-electron chi connectivity index (χ2n) is 7.84. The van der Waals surface area contributed by atoms with Crippen LogP contribution < -0.4 is 0 Å². The lowest BCUT2D eigenvalue weighted by Crippen LogP contribution is -2.67. The number of nitrogens with zero attached hydrogens (tertiary/aromatic N) is 1. The van der Waals surface area contributed by atoms with Crippen molar-refractivity contribution in [3.8, 4) is 6.07 Å². The van der Waals surface area contributed by atoms with Crippen molar-refractivity contribution in [2.75, 3.05) is 0 Å². The maximum Gasteiger partial charge on any atom is 0.333 e. The van der Waals surface area contributed by atoms with E-state index in [9.17, 15) is 15.2 Å². The van der Waals surface area contributed by atoms with Crippen molar-refractivity contribution in [1.82, 2.24) is 0 Å². The van der Waals surface area contributed by atoms with Gasteiger partial charge < -0.3 is 9.84 Å². The monoisotopic (exact) mass is 275 g/mol. The molecule has 0 saturated heterocycles. The molecule has 0 aliphatic heterocycles. The van der Waals surface area contributed by atoms with E-state index in [2.05, 4.69) is 19.6 Å². The standard InChI is InChI=1S/C16H21NO3/c1-11(2)12(18)20-16-6-13(3)4-14(8-16,10-17)7-15(19,5-13)9-16/h19H,1,4-9H2,2-3H3. The first-order valence-corrected chi connectivity index (χ1v) is 7.16. The summed E-state index contributed by atoms with van der Waals surface area (Å²) < 4.78 is 5.72. The second-order valence-corrected chi connectivity index (χ2v) is 7.84. The molecule has 4 heteroatoms. The quantitative estimate of drug-likeness (QED) is 0.621. The predicted molar refractivity (Wildman–Crippen MR) is 72.4 cm³/mol. The molecule has 4 fully saturated rings. The summed E-state index contributed by atoms with van der Waals surface area (Å²) >= 11 is 0. The third-order valence-corrected chi connectivity index (χ3v) is 5.14. The molecule has 20 heavy (non-hydrogen) atoms. The van der Waals surface area contributed by atoms with Crippen LogP contribution in [0, 0.1) is 22.2 Å². The van der Waals surface area contributed by atoms with Gasteiger partial charge in [0.25, 0.3) is 0 Å². The van der Waals surface area contributed by atoms with Gasteiger partial charge >= 0.3 is 5.97 Å². The molecule has 0 amide bonds. The van der Waals surface area contributed by atoms with E-state index in [-0.39, 0.29) is 5.41 Å². The Morgan fingerprint density at radius 2 is 1.95 bits per heavy atom. The van der Waals surface area contributed by atoms with Crippen molar-refractivity contribution < 1.29 is 14.6 Å². The zero-order chi connectivity index (χ0) is 14.8. The van der Waals surface area contributed by atoms with Gasteiger partial charge in [0.15, 0.2) is 0 Å². The first-order valence-electron chi connectivity index (χ1n) is 7.16. The number of rotatable bonds is 2. The highest BCUT2D eigenvalue weighted by atomic mass is 16.6. The molecule has 108 valence electrons. The van der Waals surface area contributed by atoms with Crippen molar-refractivity contribution in [3.63, 3.8) is 0 Å². The van der Waals surface area contributed by atoms with Crippen LogP contribution in [0.4, 0.5) is 0 Å². The molecule has 4 unspecified atom stereocenters. The largest absolute Gasteiger partial charge is 0.456 e. The molecular formula is C16H21NO3. The SMILES string of the molecule is C=C(C)C(=O)OC12CC3(C)CC(O)(CC(C#N)(C3)C1)C2. The molecule has 4 saturated carbocycles. The van der Waals surface area contributed by atoms with Crippen molar-refractivity contribution in [1.29, 1.82) is 5.26 Å². The summed E-state index contributed by atoms with van der Waals surface area (Å²) in [5, 5.41) is 20.4. The summed E-state index contributed by atoms with van der Waals surface area (Å²) in [7, 11) is 0. The molecular weight excluding hydrogens is 254 g/mol. The highest BCUT2D eigenvalue weighted by Gasteiger charge is 2.68. The molecule has 4 bridgehead atoms. The topological polar surface area (TPSA) is 70.3 Å². The van der Waals surface area contributed by atoms with Gasteiger partial charge in [0.1, 0.15) is 5.60 Å². The third kappa shape index (κ3) is 1.88. The Morgan fingerprint density at radius 3 is 2.50 bits per heavy atom. The molecule has 0 spiro atoms. The highest BCUT2D eigenvalue weighted by molar-refractivity contribution is 5.87. The molecule has 4 nitrogen and oxygen atoms in total. The number of hydrogen-bond acceptors (Lipinski definition) is 4. The fourth-order valence-corrected chi connectivity index (χ4v) is 5.50. The van der Waals surface area contributed by atoms with E-state index in [1.165, 1.54) is 0 Å². The second kappa shape index (κ2) is 3.65. The molecule has 4 atom stereocenters. The fraction of sp³-hybridized carbons (Fsp3) is 0.750. The zero-order valence-electron chi connectivity index (χ0n) is 12.2.